The maximum absolute atomic E-state index is 12.7. The van der Waals surface area contributed by atoms with Crippen molar-refractivity contribution in [3.8, 4) is 11.6 Å². The molecule has 0 unspecified atom stereocenters. The lowest BCUT2D eigenvalue weighted by Gasteiger charge is -2.11. The Bertz CT molecular complexity index is 538. The van der Waals surface area contributed by atoms with Gasteiger partial charge in [0.2, 0.25) is 5.88 Å². The fourth-order valence-electron chi connectivity index (χ4n) is 1.31. The van der Waals surface area contributed by atoms with Crippen LogP contribution in [0.15, 0.2) is 36.7 Å². The van der Waals surface area contributed by atoms with Crippen LogP contribution in [0.2, 0.25) is 0 Å². The van der Waals surface area contributed by atoms with Gasteiger partial charge in [-0.25, -0.2) is 4.98 Å². The average Bonchev–Trinajstić information content (AvgIpc) is 2.31. The topological polar surface area (TPSA) is 35.0 Å². The Morgan fingerprint density at radius 3 is 2.50 bits per heavy atom. The van der Waals surface area contributed by atoms with Crippen molar-refractivity contribution in [2.45, 2.75) is 13.1 Å². The molecule has 0 amide bonds. The minimum absolute atomic E-state index is 0.213. The molecule has 0 radical (unpaired) electrons. The highest BCUT2D eigenvalue weighted by molar-refractivity contribution is 5.33. The van der Waals surface area contributed by atoms with Gasteiger partial charge >= 0.3 is 6.18 Å². The van der Waals surface area contributed by atoms with Gasteiger partial charge in [-0.15, -0.1) is 0 Å². The summed E-state index contributed by atoms with van der Waals surface area (Å²) in [5.41, 5.74) is -0.162. The smallest absolute Gasteiger partial charge is 0.421 e. The average molecular weight is 254 g/mol. The van der Waals surface area contributed by atoms with E-state index >= 15 is 0 Å². The number of hydrogen-bond donors (Lipinski definition) is 0. The standard InChI is InChI=1S/C12H9F3N2O/c1-8-4-5-9(7-17-8)18-11-10(12(13,14)15)3-2-6-16-11/h2-7H,1H3. The SMILES string of the molecule is Cc1ccc(Oc2ncccc2C(F)(F)F)cn1. The van der Waals surface area contributed by atoms with Crippen molar-refractivity contribution in [2.75, 3.05) is 0 Å². The van der Waals surface area contributed by atoms with E-state index in [2.05, 4.69) is 9.97 Å². The van der Waals surface area contributed by atoms with Crippen LogP contribution in [0, 0.1) is 6.92 Å². The Morgan fingerprint density at radius 1 is 1.11 bits per heavy atom. The van der Waals surface area contributed by atoms with E-state index in [4.69, 9.17) is 4.74 Å². The van der Waals surface area contributed by atoms with Crippen molar-refractivity contribution >= 4 is 0 Å². The third kappa shape index (κ3) is 2.77. The number of alkyl halides is 3. The first-order chi connectivity index (χ1) is 8.47. The monoisotopic (exact) mass is 254 g/mol. The first-order valence-electron chi connectivity index (χ1n) is 5.09. The number of rotatable bonds is 2. The Balaban J connectivity index is 2.32. The molecule has 18 heavy (non-hydrogen) atoms. The summed E-state index contributed by atoms with van der Waals surface area (Å²) >= 11 is 0. The first kappa shape index (κ1) is 12.3. The molecule has 3 nitrogen and oxygen atoms in total. The molecule has 0 aliphatic heterocycles. The second-order valence-corrected chi connectivity index (χ2v) is 3.59. The van der Waals surface area contributed by atoms with Crippen molar-refractivity contribution in [2.24, 2.45) is 0 Å². The molecular weight excluding hydrogens is 245 g/mol. The molecule has 6 heteroatoms. The Hall–Kier alpha value is -2.11. The third-order valence-corrected chi connectivity index (χ3v) is 2.18. The lowest BCUT2D eigenvalue weighted by molar-refractivity contribution is -0.138. The van der Waals surface area contributed by atoms with Gasteiger partial charge in [0.25, 0.3) is 0 Å². The molecule has 0 spiro atoms. The van der Waals surface area contributed by atoms with E-state index in [1.807, 2.05) is 0 Å². The summed E-state index contributed by atoms with van der Waals surface area (Å²) in [6.45, 7) is 1.77. The van der Waals surface area contributed by atoms with Gasteiger partial charge in [-0.2, -0.15) is 13.2 Å². The van der Waals surface area contributed by atoms with Crippen LogP contribution >= 0.6 is 0 Å². The van der Waals surface area contributed by atoms with Gasteiger partial charge in [0.05, 0.1) is 6.20 Å². The van der Waals surface area contributed by atoms with Crippen molar-refractivity contribution < 1.29 is 17.9 Å². The van der Waals surface area contributed by atoms with E-state index < -0.39 is 17.6 Å². The number of aryl methyl sites for hydroxylation is 1. The van der Waals surface area contributed by atoms with E-state index in [1.54, 1.807) is 13.0 Å². The fourth-order valence-corrected chi connectivity index (χ4v) is 1.31. The molecule has 2 heterocycles. The van der Waals surface area contributed by atoms with Crippen LogP contribution in [-0.2, 0) is 6.18 Å². The van der Waals surface area contributed by atoms with Gasteiger partial charge < -0.3 is 4.74 Å². The van der Waals surface area contributed by atoms with Crippen molar-refractivity contribution in [3.05, 3.63) is 47.9 Å². The van der Waals surface area contributed by atoms with E-state index in [0.717, 1.165) is 11.8 Å². The van der Waals surface area contributed by atoms with E-state index in [1.165, 1.54) is 24.5 Å². The van der Waals surface area contributed by atoms with E-state index in [0.29, 0.717) is 0 Å². The molecule has 0 aliphatic rings. The third-order valence-electron chi connectivity index (χ3n) is 2.18. The highest BCUT2D eigenvalue weighted by Crippen LogP contribution is 2.36. The van der Waals surface area contributed by atoms with Gasteiger partial charge in [0, 0.05) is 11.9 Å². The maximum Gasteiger partial charge on any atom is 0.421 e. The number of ether oxygens (including phenoxy) is 1. The summed E-state index contributed by atoms with van der Waals surface area (Å²) in [5, 5.41) is 0. The number of aromatic nitrogens is 2. The number of nitrogens with zero attached hydrogens (tertiary/aromatic N) is 2. The quantitative estimate of drug-likeness (QED) is 0.821. The zero-order chi connectivity index (χ0) is 13.2. The minimum Gasteiger partial charge on any atom is -0.437 e. The van der Waals surface area contributed by atoms with Crippen molar-refractivity contribution in [3.63, 3.8) is 0 Å². The van der Waals surface area contributed by atoms with Gasteiger partial charge in [-0.3, -0.25) is 4.98 Å². The van der Waals surface area contributed by atoms with Gasteiger partial charge in [-0.05, 0) is 31.2 Å². The van der Waals surface area contributed by atoms with Crippen LogP contribution < -0.4 is 4.74 Å². The van der Waals surface area contributed by atoms with E-state index in [9.17, 15) is 13.2 Å². The van der Waals surface area contributed by atoms with Crippen LogP contribution in [0.1, 0.15) is 11.3 Å². The predicted octanol–water partition coefficient (Wildman–Crippen LogP) is 3.60. The van der Waals surface area contributed by atoms with Crippen molar-refractivity contribution in [1.29, 1.82) is 0 Å². The maximum atomic E-state index is 12.7. The van der Waals surface area contributed by atoms with Crippen LogP contribution in [-0.4, -0.2) is 9.97 Å². The summed E-state index contributed by atoms with van der Waals surface area (Å²) in [7, 11) is 0. The molecule has 0 atom stereocenters. The fraction of sp³-hybridized carbons (Fsp3) is 0.167. The Labute approximate surface area is 101 Å². The second kappa shape index (κ2) is 4.64. The molecule has 0 saturated carbocycles. The largest absolute Gasteiger partial charge is 0.437 e. The summed E-state index contributed by atoms with van der Waals surface area (Å²) in [4.78, 5) is 7.53. The molecule has 2 aromatic heterocycles. The molecule has 0 bridgehead atoms. The lowest BCUT2D eigenvalue weighted by Crippen LogP contribution is -2.08. The second-order valence-electron chi connectivity index (χ2n) is 3.59. The summed E-state index contributed by atoms with van der Waals surface area (Å²) < 4.78 is 43.1. The summed E-state index contributed by atoms with van der Waals surface area (Å²) in [6, 6.07) is 5.32. The highest BCUT2D eigenvalue weighted by atomic mass is 19.4. The molecule has 0 aromatic carbocycles. The molecule has 0 fully saturated rings. The highest BCUT2D eigenvalue weighted by Gasteiger charge is 2.35. The summed E-state index contributed by atoms with van der Waals surface area (Å²) in [5.74, 6) is -0.263. The zero-order valence-corrected chi connectivity index (χ0v) is 9.40. The lowest BCUT2D eigenvalue weighted by atomic mass is 10.2. The van der Waals surface area contributed by atoms with Gasteiger partial charge in [-0.1, -0.05) is 0 Å². The molecule has 94 valence electrons. The Morgan fingerprint density at radius 2 is 1.89 bits per heavy atom. The van der Waals surface area contributed by atoms with Crippen LogP contribution in [0.4, 0.5) is 13.2 Å². The first-order valence-corrected chi connectivity index (χ1v) is 5.09. The predicted molar refractivity (Wildman–Crippen MR) is 58.3 cm³/mol. The van der Waals surface area contributed by atoms with Crippen LogP contribution in [0.5, 0.6) is 11.6 Å². The number of hydrogen-bond acceptors (Lipinski definition) is 3. The van der Waals surface area contributed by atoms with Crippen LogP contribution in [0.3, 0.4) is 0 Å². The number of pyridine rings is 2. The minimum atomic E-state index is -4.50. The van der Waals surface area contributed by atoms with Crippen LogP contribution in [0.25, 0.3) is 0 Å². The molecule has 0 saturated heterocycles. The molecule has 2 rings (SSSR count). The zero-order valence-electron chi connectivity index (χ0n) is 9.40. The Kier molecular flexibility index (Phi) is 3.18. The summed E-state index contributed by atoms with van der Waals surface area (Å²) in [6.07, 6.45) is -1.90. The van der Waals surface area contributed by atoms with Gasteiger partial charge in [0.1, 0.15) is 11.3 Å². The van der Waals surface area contributed by atoms with Crippen molar-refractivity contribution in [1.82, 2.24) is 9.97 Å². The van der Waals surface area contributed by atoms with Gasteiger partial charge in [0.15, 0.2) is 0 Å². The molecule has 0 N–H and O–H groups in total. The van der Waals surface area contributed by atoms with E-state index in [-0.39, 0.29) is 5.75 Å². The molecule has 0 aliphatic carbocycles. The molecular formula is C12H9F3N2O. The molecule has 2 aromatic rings. The normalized spacial score (nSPS) is 11.3. The number of halogens is 3.